The molecule has 1 heterocycles. The van der Waals surface area contributed by atoms with Gasteiger partial charge in [-0.15, -0.1) is 0 Å². The molecule has 0 spiro atoms. The summed E-state index contributed by atoms with van der Waals surface area (Å²) in [5.41, 5.74) is 1.99. The van der Waals surface area contributed by atoms with E-state index in [-0.39, 0.29) is 0 Å². The fraction of sp³-hybridized carbons (Fsp3) is 0.286. The topological polar surface area (TPSA) is 47.0 Å². The number of aryl methyl sites for hydroxylation is 1. The Kier molecular flexibility index (Phi) is 3.77. The van der Waals surface area contributed by atoms with Crippen LogP contribution in [0.15, 0.2) is 30.5 Å². The van der Waals surface area contributed by atoms with Crippen LogP contribution in [0.1, 0.15) is 12.5 Å². The van der Waals surface area contributed by atoms with Crippen LogP contribution in [0, 0.1) is 6.92 Å². The first kappa shape index (κ1) is 12.4. The van der Waals surface area contributed by atoms with Crippen molar-refractivity contribution in [2.75, 3.05) is 19.0 Å². The number of anilines is 1. The highest BCUT2D eigenvalue weighted by Crippen LogP contribution is 2.22. The molecular formula is C14H17N3O. The Hall–Kier alpha value is -2.10. The van der Waals surface area contributed by atoms with Crippen LogP contribution in [0.4, 0.5) is 5.82 Å². The Balaban J connectivity index is 2.38. The van der Waals surface area contributed by atoms with E-state index in [2.05, 4.69) is 15.3 Å². The standard InChI is InChI=1S/C14H17N3O/c1-4-18-12-7-5-6-11(8-12)14-16-9-10(2)13(15-3)17-14/h5-9H,4H2,1-3H3,(H,15,16,17). The molecule has 4 heteroatoms. The van der Waals surface area contributed by atoms with E-state index in [9.17, 15) is 0 Å². The van der Waals surface area contributed by atoms with Crippen molar-refractivity contribution in [1.29, 1.82) is 0 Å². The lowest BCUT2D eigenvalue weighted by Crippen LogP contribution is -1.99. The number of nitrogens with zero attached hydrogens (tertiary/aromatic N) is 2. The molecule has 0 saturated heterocycles. The predicted octanol–water partition coefficient (Wildman–Crippen LogP) is 2.89. The first-order valence-electron chi connectivity index (χ1n) is 5.99. The van der Waals surface area contributed by atoms with Crippen molar-refractivity contribution in [3.05, 3.63) is 36.0 Å². The fourth-order valence-corrected chi connectivity index (χ4v) is 1.73. The Bertz CT molecular complexity index is 540. The summed E-state index contributed by atoms with van der Waals surface area (Å²) >= 11 is 0. The lowest BCUT2D eigenvalue weighted by molar-refractivity contribution is 0.340. The summed E-state index contributed by atoms with van der Waals surface area (Å²) in [7, 11) is 1.86. The number of ether oxygens (including phenoxy) is 1. The zero-order valence-electron chi connectivity index (χ0n) is 10.9. The molecule has 0 unspecified atom stereocenters. The summed E-state index contributed by atoms with van der Waals surface area (Å²) in [6.07, 6.45) is 1.82. The van der Waals surface area contributed by atoms with Crippen LogP contribution in [0.25, 0.3) is 11.4 Å². The quantitative estimate of drug-likeness (QED) is 0.897. The van der Waals surface area contributed by atoms with Crippen molar-refractivity contribution in [2.24, 2.45) is 0 Å². The van der Waals surface area contributed by atoms with Crippen LogP contribution in [-0.4, -0.2) is 23.6 Å². The van der Waals surface area contributed by atoms with Gasteiger partial charge >= 0.3 is 0 Å². The lowest BCUT2D eigenvalue weighted by Gasteiger charge is -2.08. The van der Waals surface area contributed by atoms with Crippen molar-refractivity contribution in [2.45, 2.75) is 13.8 Å². The lowest BCUT2D eigenvalue weighted by atomic mass is 10.2. The van der Waals surface area contributed by atoms with Crippen LogP contribution in [0.3, 0.4) is 0 Å². The SMILES string of the molecule is CCOc1cccc(-c2ncc(C)c(NC)n2)c1. The van der Waals surface area contributed by atoms with Gasteiger partial charge in [0.25, 0.3) is 0 Å². The molecule has 1 aromatic heterocycles. The predicted molar refractivity (Wildman–Crippen MR) is 72.9 cm³/mol. The summed E-state index contributed by atoms with van der Waals surface area (Å²) in [6.45, 7) is 4.60. The molecule has 0 aliphatic rings. The van der Waals surface area contributed by atoms with Gasteiger partial charge in [-0.1, -0.05) is 12.1 Å². The van der Waals surface area contributed by atoms with Crippen LogP contribution in [0.5, 0.6) is 5.75 Å². The van der Waals surface area contributed by atoms with Gasteiger partial charge in [0.1, 0.15) is 11.6 Å². The highest BCUT2D eigenvalue weighted by Gasteiger charge is 2.05. The molecule has 0 bridgehead atoms. The summed E-state index contributed by atoms with van der Waals surface area (Å²) in [5.74, 6) is 2.39. The molecule has 1 N–H and O–H groups in total. The smallest absolute Gasteiger partial charge is 0.161 e. The maximum Gasteiger partial charge on any atom is 0.161 e. The van der Waals surface area contributed by atoms with Gasteiger partial charge in [0.05, 0.1) is 6.61 Å². The largest absolute Gasteiger partial charge is 0.494 e. The molecule has 0 aliphatic heterocycles. The third-order valence-corrected chi connectivity index (χ3v) is 2.61. The van der Waals surface area contributed by atoms with Gasteiger partial charge in [0.15, 0.2) is 5.82 Å². The normalized spacial score (nSPS) is 10.2. The minimum Gasteiger partial charge on any atom is -0.494 e. The van der Waals surface area contributed by atoms with Gasteiger partial charge < -0.3 is 10.1 Å². The highest BCUT2D eigenvalue weighted by atomic mass is 16.5. The maximum atomic E-state index is 5.48. The van der Waals surface area contributed by atoms with E-state index in [4.69, 9.17) is 4.74 Å². The van der Waals surface area contributed by atoms with Crippen LogP contribution >= 0.6 is 0 Å². The van der Waals surface area contributed by atoms with Crippen molar-refractivity contribution in [3.63, 3.8) is 0 Å². The second-order valence-corrected chi connectivity index (χ2v) is 3.94. The molecule has 1 aromatic carbocycles. The minimum absolute atomic E-state index is 0.653. The van der Waals surface area contributed by atoms with Gasteiger partial charge in [0.2, 0.25) is 0 Å². The first-order valence-corrected chi connectivity index (χ1v) is 5.99. The number of hydrogen-bond acceptors (Lipinski definition) is 4. The summed E-state index contributed by atoms with van der Waals surface area (Å²) < 4.78 is 5.48. The third-order valence-electron chi connectivity index (χ3n) is 2.61. The molecule has 0 saturated carbocycles. The fourth-order valence-electron chi connectivity index (χ4n) is 1.73. The van der Waals surface area contributed by atoms with Gasteiger partial charge in [-0.05, 0) is 26.0 Å². The number of nitrogens with one attached hydrogen (secondary N) is 1. The Morgan fingerprint density at radius 1 is 1.33 bits per heavy atom. The van der Waals surface area contributed by atoms with E-state index in [0.717, 1.165) is 22.7 Å². The van der Waals surface area contributed by atoms with E-state index in [1.165, 1.54) is 0 Å². The van der Waals surface area contributed by atoms with Crippen molar-refractivity contribution in [1.82, 2.24) is 9.97 Å². The van der Waals surface area contributed by atoms with E-state index in [0.29, 0.717) is 12.4 Å². The molecule has 2 aromatic rings. The zero-order chi connectivity index (χ0) is 13.0. The second-order valence-electron chi connectivity index (χ2n) is 3.94. The van der Waals surface area contributed by atoms with Crippen molar-refractivity contribution < 1.29 is 4.74 Å². The van der Waals surface area contributed by atoms with Gasteiger partial charge in [-0.25, -0.2) is 9.97 Å². The zero-order valence-corrected chi connectivity index (χ0v) is 10.9. The number of aromatic nitrogens is 2. The van der Waals surface area contributed by atoms with E-state index in [1.54, 1.807) is 0 Å². The molecule has 0 fully saturated rings. The van der Waals surface area contributed by atoms with Crippen molar-refractivity contribution in [3.8, 4) is 17.1 Å². The average molecular weight is 243 g/mol. The van der Waals surface area contributed by atoms with Crippen LogP contribution < -0.4 is 10.1 Å². The molecule has 0 atom stereocenters. The average Bonchev–Trinajstić information content (AvgIpc) is 2.40. The summed E-state index contributed by atoms with van der Waals surface area (Å²) in [4.78, 5) is 8.84. The highest BCUT2D eigenvalue weighted by molar-refractivity contribution is 5.60. The van der Waals surface area contributed by atoms with Gasteiger partial charge in [0, 0.05) is 24.4 Å². The van der Waals surface area contributed by atoms with Gasteiger partial charge in [-0.3, -0.25) is 0 Å². The van der Waals surface area contributed by atoms with E-state index >= 15 is 0 Å². The second kappa shape index (κ2) is 5.49. The summed E-state index contributed by atoms with van der Waals surface area (Å²) in [5, 5.41) is 3.06. The molecule has 4 nitrogen and oxygen atoms in total. The minimum atomic E-state index is 0.653. The first-order chi connectivity index (χ1) is 8.74. The number of benzene rings is 1. The summed E-state index contributed by atoms with van der Waals surface area (Å²) in [6, 6.07) is 7.81. The van der Waals surface area contributed by atoms with Crippen LogP contribution in [-0.2, 0) is 0 Å². The Morgan fingerprint density at radius 3 is 2.89 bits per heavy atom. The molecular weight excluding hydrogens is 226 g/mol. The van der Waals surface area contributed by atoms with E-state index in [1.807, 2.05) is 51.4 Å². The maximum absolute atomic E-state index is 5.48. The number of rotatable bonds is 4. The molecule has 0 amide bonds. The van der Waals surface area contributed by atoms with Crippen molar-refractivity contribution >= 4 is 5.82 Å². The molecule has 94 valence electrons. The third kappa shape index (κ3) is 2.59. The molecule has 0 aliphatic carbocycles. The monoisotopic (exact) mass is 243 g/mol. The molecule has 2 rings (SSSR count). The van der Waals surface area contributed by atoms with E-state index < -0.39 is 0 Å². The molecule has 18 heavy (non-hydrogen) atoms. The number of hydrogen-bond donors (Lipinski definition) is 1. The van der Waals surface area contributed by atoms with Crippen LogP contribution in [0.2, 0.25) is 0 Å². The molecule has 0 radical (unpaired) electrons. The van der Waals surface area contributed by atoms with Gasteiger partial charge in [-0.2, -0.15) is 0 Å². The Labute approximate surface area is 107 Å². The Morgan fingerprint density at radius 2 is 2.17 bits per heavy atom.